The fraction of sp³-hybridized carbons (Fsp3) is 0.240. The number of rotatable bonds is 9. The summed E-state index contributed by atoms with van der Waals surface area (Å²) in [6.45, 7) is 3.08. The molecule has 0 saturated carbocycles. The second kappa shape index (κ2) is 11.1. The lowest BCUT2D eigenvalue weighted by molar-refractivity contribution is -0.154. The number of hydrogen-bond donors (Lipinski definition) is 2. The summed E-state index contributed by atoms with van der Waals surface area (Å²) in [6, 6.07) is 15.0. The number of pyridine rings is 1. The SMILES string of the molecule is COc1ccnc(C(=O)N[C@@H](C)C(=O)O[C@@H](C)[C@H](Oc2cccc(F)c2)c2ccccc2)c1O. The number of benzene rings is 2. The molecule has 2 aromatic carbocycles. The number of hydrogen-bond acceptors (Lipinski definition) is 7. The third-order valence-electron chi connectivity index (χ3n) is 4.94. The maximum atomic E-state index is 13.6. The Bertz CT molecular complexity index is 1140. The predicted octanol–water partition coefficient (Wildman–Crippen LogP) is 3.81. The highest BCUT2D eigenvalue weighted by Gasteiger charge is 2.28. The smallest absolute Gasteiger partial charge is 0.328 e. The fourth-order valence-corrected chi connectivity index (χ4v) is 3.20. The van der Waals surface area contributed by atoms with Gasteiger partial charge in [0.15, 0.2) is 23.3 Å². The molecule has 34 heavy (non-hydrogen) atoms. The van der Waals surface area contributed by atoms with E-state index in [1.165, 1.54) is 44.5 Å². The van der Waals surface area contributed by atoms with E-state index in [9.17, 15) is 19.1 Å². The number of nitrogens with one attached hydrogen (secondary N) is 1. The zero-order chi connectivity index (χ0) is 24.7. The number of methoxy groups -OCH3 is 1. The van der Waals surface area contributed by atoms with Crippen molar-refractivity contribution in [1.82, 2.24) is 10.3 Å². The van der Waals surface area contributed by atoms with E-state index in [0.29, 0.717) is 5.56 Å². The molecule has 0 unspecified atom stereocenters. The Kier molecular flexibility index (Phi) is 8.02. The largest absolute Gasteiger partial charge is 0.503 e. The van der Waals surface area contributed by atoms with E-state index < -0.39 is 41.7 Å². The number of aromatic hydroxyl groups is 1. The quantitative estimate of drug-likeness (QED) is 0.460. The van der Waals surface area contributed by atoms with Gasteiger partial charge in [0.2, 0.25) is 0 Å². The van der Waals surface area contributed by atoms with Crippen LogP contribution < -0.4 is 14.8 Å². The first kappa shape index (κ1) is 24.5. The molecule has 3 aromatic rings. The Morgan fingerprint density at radius 1 is 1.06 bits per heavy atom. The minimum absolute atomic E-state index is 0.0733. The molecule has 0 saturated heterocycles. The average molecular weight is 468 g/mol. The normalized spacial score (nSPS) is 13.3. The molecule has 0 aliphatic heterocycles. The van der Waals surface area contributed by atoms with Gasteiger partial charge in [0.25, 0.3) is 5.91 Å². The molecule has 9 heteroatoms. The Morgan fingerprint density at radius 2 is 1.79 bits per heavy atom. The van der Waals surface area contributed by atoms with Gasteiger partial charge in [-0.05, 0) is 31.5 Å². The standard InChI is InChI=1S/C25H25FN2O6/c1-15(28-24(30)21-22(29)20(32-3)12-13-27-21)25(31)33-16(2)23(17-8-5-4-6-9-17)34-19-11-7-10-18(26)14-19/h4-16,23,29H,1-3H3,(H,28,30)/t15-,16-,23-/m0/s1. The number of aromatic nitrogens is 1. The van der Waals surface area contributed by atoms with Crippen molar-refractivity contribution in [2.75, 3.05) is 7.11 Å². The van der Waals surface area contributed by atoms with Crippen molar-refractivity contribution in [3.63, 3.8) is 0 Å². The number of ether oxygens (including phenoxy) is 3. The summed E-state index contributed by atoms with van der Waals surface area (Å²) in [6.07, 6.45) is -0.230. The van der Waals surface area contributed by atoms with Crippen molar-refractivity contribution in [3.05, 3.63) is 83.9 Å². The Hall–Kier alpha value is -4.14. The van der Waals surface area contributed by atoms with Gasteiger partial charge in [-0.25, -0.2) is 14.2 Å². The highest BCUT2D eigenvalue weighted by Crippen LogP contribution is 2.28. The molecule has 8 nitrogen and oxygen atoms in total. The molecule has 0 spiro atoms. The molecular weight excluding hydrogens is 443 g/mol. The summed E-state index contributed by atoms with van der Waals surface area (Å²) in [5.41, 5.74) is 0.429. The van der Waals surface area contributed by atoms with E-state index in [1.54, 1.807) is 25.1 Å². The van der Waals surface area contributed by atoms with Crippen LogP contribution in [0.3, 0.4) is 0 Å². The van der Waals surface area contributed by atoms with E-state index in [2.05, 4.69) is 10.3 Å². The van der Waals surface area contributed by atoms with Gasteiger partial charge in [-0.15, -0.1) is 0 Å². The lowest BCUT2D eigenvalue weighted by Crippen LogP contribution is -2.42. The topological polar surface area (TPSA) is 107 Å². The van der Waals surface area contributed by atoms with E-state index in [0.717, 1.165) is 0 Å². The van der Waals surface area contributed by atoms with Crippen molar-refractivity contribution in [3.8, 4) is 17.2 Å². The molecule has 1 heterocycles. The van der Waals surface area contributed by atoms with E-state index >= 15 is 0 Å². The number of nitrogens with zero attached hydrogens (tertiary/aromatic N) is 1. The van der Waals surface area contributed by atoms with Crippen LogP contribution in [0, 0.1) is 5.82 Å². The molecule has 3 rings (SSSR count). The monoisotopic (exact) mass is 468 g/mol. The summed E-state index contributed by atoms with van der Waals surface area (Å²) in [4.78, 5) is 29.1. The highest BCUT2D eigenvalue weighted by molar-refractivity contribution is 5.97. The summed E-state index contributed by atoms with van der Waals surface area (Å²) in [5.74, 6) is -2.05. The van der Waals surface area contributed by atoms with Gasteiger partial charge in [0.1, 0.15) is 23.7 Å². The molecular formula is C25H25FN2O6. The van der Waals surface area contributed by atoms with Gasteiger partial charge in [-0.3, -0.25) is 4.79 Å². The first-order valence-corrected chi connectivity index (χ1v) is 10.5. The second-order valence-electron chi connectivity index (χ2n) is 7.45. The Balaban J connectivity index is 1.71. The molecule has 178 valence electrons. The zero-order valence-electron chi connectivity index (χ0n) is 18.9. The van der Waals surface area contributed by atoms with Crippen molar-refractivity contribution in [2.45, 2.75) is 32.1 Å². The number of carbonyl (C=O) groups is 2. The van der Waals surface area contributed by atoms with Crippen LogP contribution in [0.5, 0.6) is 17.2 Å². The van der Waals surface area contributed by atoms with Crippen molar-refractivity contribution < 1.29 is 33.3 Å². The molecule has 2 N–H and O–H groups in total. The van der Waals surface area contributed by atoms with Gasteiger partial charge >= 0.3 is 5.97 Å². The Labute approximate surface area is 196 Å². The first-order chi connectivity index (χ1) is 16.3. The van der Waals surface area contributed by atoms with Gasteiger partial charge in [0, 0.05) is 18.3 Å². The minimum atomic E-state index is -1.06. The number of amides is 1. The minimum Gasteiger partial charge on any atom is -0.503 e. The first-order valence-electron chi connectivity index (χ1n) is 10.5. The molecule has 1 aromatic heterocycles. The van der Waals surface area contributed by atoms with Crippen LogP contribution in [-0.2, 0) is 9.53 Å². The fourth-order valence-electron chi connectivity index (χ4n) is 3.20. The predicted molar refractivity (Wildman–Crippen MR) is 121 cm³/mol. The van der Waals surface area contributed by atoms with Crippen LogP contribution >= 0.6 is 0 Å². The molecule has 1 amide bonds. The summed E-state index contributed by atoms with van der Waals surface area (Å²) in [7, 11) is 1.34. The maximum absolute atomic E-state index is 13.6. The van der Waals surface area contributed by atoms with Gasteiger partial charge in [0.05, 0.1) is 7.11 Å². The molecule has 0 aliphatic rings. The summed E-state index contributed by atoms with van der Waals surface area (Å²) >= 11 is 0. The molecule has 3 atom stereocenters. The number of halogens is 1. The van der Waals surface area contributed by atoms with Gasteiger partial charge in [-0.2, -0.15) is 0 Å². The third-order valence-corrected chi connectivity index (χ3v) is 4.94. The molecule has 0 aliphatic carbocycles. The van der Waals surface area contributed by atoms with Crippen LogP contribution in [-0.4, -0.2) is 41.2 Å². The maximum Gasteiger partial charge on any atom is 0.328 e. The van der Waals surface area contributed by atoms with Crippen LogP contribution in [0.1, 0.15) is 36.0 Å². The molecule has 0 fully saturated rings. The number of carbonyl (C=O) groups excluding carboxylic acids is 2. The van der Waals surface area contributed by atoms with Crippen molar-refractivity contribution >= 4 is 11.9 Å². The lowest BCUT2D eigenvalue weighted by Gasteiger charge is -2.27. The van der Waals surface area contributed by atoms with E-state index in [1.807, 2.05) is 18.2 Å². The van der Waals surface area contributed by atoms with Crippen LogP contribution in [0.15, 0.2) is 66.9 Å². The van der Waals surface area contributed by atoms with Crippen molar-refractivity contribution in [1.29, 1.82) is 0 Å². The second-order valence-corrected chi connectivity index (χ2v) is 7.45. The molecule has 0 radical (unpaired) electrons. The van der Waals surface area contributed by atoms with Crippen LogP contribution in [0.2, 0.25) is 0 Å². The zero-order valence-corrected chi connectivity index (χ0v) is 18.9. The van der Waals surface area contributed by atoms with Gasteiger partial charge < -0.3 is 24.6 Å². The van der Waals surface area contributed by atoms with Crippen molar-refractivity contribution in [2.24, 2.45) is 0 Å². The Morgan fingerprint density at radius 3 is 2.47 bits per heavy atom. The number of esters is 1. The highest BCUT2D eigenvalue weighted by atomic mass is 19.1. The third kappa shape index (κ3) is 6.00. The van der Waals surface area contributed by atoms with Crippen LogP contribution in [0.25, 0.3) is 0 Å². The summed E-state index contributed by atoms with van der Waals surface area (Å²) < 4.78 is 30.1. The summed E-state index contributed by atoms with van der Waals surface area (Å²) in [5, 5.41) is 12.6. The van der Waals surface area contributed by atoms with E-state index in [-0.39, 0.29) is 17.2 Å². The van der Waals surface area contributed by atoms with E-state index in [4.69, 9.17) is 14.2 Å². The average Bonchev–Trinajstić information content (AvgIpc) is 2.83. The lowest BCUT2D eigenvalue weighted by atomic mass is 10.0. The van der Waals surface area contributed by atoms with Crippen LogP contribution in [0.4, 0.5) is 4.39 Å². The molecule has 0 bridgehead atoms. The van der Waals surface area contributed by atoms with Gasteiger partial charge in [-0.1, -0.05) is 36.4 Å².